The van der Waals surface area contributed by atoms with Crippen molar-refractivity contribution in [2.45, 2.75) is 35.6 Å². The lowest BCUT2D eigenvalue weighted by Gasteiger charge is -2.63. The number of carbonyl (C=O) groups is 2. The van der Waals surface area contributed by atoms with E-state index in [1.165, 1.54) is 10.0 Å². The molecule has 4 rings (SSSR count). The summed E-state index contributed by atoms with van der Waals surface area (Å²) < 4.78 is 10.3. The van der Waals surface area contributed by atoms with E-state index in [4.69, 9.17) is 9.47 Å². The third-order valence-corrected chi connectivity index (χ3v) is 7.55. The van der Waals surface area contributed by atoms with Crippen molar-refractivity contribution < 1.29 is 19.1 Å². The monoisotopic (exact) mass is 436 g/mol. The predicted molar refractivity (Wildman–Crippen MR) is 86.8 cm³/mol. The average Bonchev–Trinajstić information content (AvgIpc) is 2.53. The molecule has 2 fully saturated rings. The van der Waals surface area contributed by atoms with Gasteiger partial charge in [-0.2, -0.15) is 0 Å². The van der Waals surface area contributed by atoms with E-state index in [-0.39, 0.29) is 46.8 Å². The zero-order chi connectivity index (χ0) is 16.0. The number of halogens is 2. The number of hydrogen-bond acceptors (Lipinski definition) is 4. The summed E-state index contributed by atoms with van der Waals surface area (Å²) in [6.45, 7) is 4.03. The number of fused-ring (bicyclic) bond motifs is 1. The second-order valence-corrected chi connectivity index (χ2v) is 7.61. The normalized spacial score (nSPS) is 38.4. The molecule has 0 aromatic heterocycles. The van der Waals surface area contributed by atoms with Gasteiger partial charge in [-0.1, -0.05) is 44.0 Å². The van der Waals surface area contributed by atoms with E-state index in [9.17, 15) is 9.59 Å². The maximum atomic E-state index is 12.4. The minimum absolute atomic E-state index is 0.198. The van der Waals surface area contributed by atoms with Crippen molar-refractivity contribution in [2.75, 3.05) is 13.2 Å². The molecule has 4 aliphatic rings. The minimum Gasteiger partial charge on any atom is -0.448 e. The number of hydrogen-bond donors (Lipinski definition) is 0. The molecule has 8 heteroatoms. The van der Waals surface area contributed by atoms with Crippen LogP contribution in [0, 0.1) is 11.8 Å². The van der Waals surface area contributed by atoms with E-state index in [0.717, 1.165) is 0 Å². The second-order valence-electron chi connectivity index (χ2n) is 5.50. The van der Waals surface area contributed by atoms with Gasteiger partial charge in [0.25, 0.3) is 0 Å². The Kier molecular flexibility index (Phi) is 4.42. The average molecular weight is 438 g/mol. The van der Waals surface area contributed by atoms with Gasteiger partial charge in [-0.25, -0.2) is 19.6 Å². The van der Waals surface area contributed by atoms with Gasteiger partial charge in [0.1, 0.15) is 0 Å². The van der Waals surface area contributed by atoms with Gasteiger partial charge in [-0.15, -0.1) is 0 Å². The van der Waals surface area contributed by atoms with Gasteiger partial charge in [0.15, 0.2) is 0 Å². The molecule has 0 aromatic rings. The molecule has 6 atom stereocenters. The fraction of sp³-hybridized carbons (Fsp3) is 0.714. The highest BCUT2D eigenvalue weighted by atomic mass is 79.9. The Hall–Kier alpha value is -0.760. The Bertz CT molecular complexity index is 471. The summed E-state index contributed by atoms with van der Waals surface area (Å²) in [4.78, 5) is 25.3. The van der Waals surface area contributed by atoms with E-state index in [1.807, 2.05) is 12.2 Å². The lowest BCUT2D eigenvalue weighted by molar-refractivity contribution is -0.141. The van der Waals surface area contributed by atoms with Crippen LogP contribution in [0.3, 0.4) is 0 Å². The molecule has 0 aromatic carbocycles. The Morgan fingerprint density at radius 2 is 1.27 bits per heavy atom. The lowest BCUT2D eigenvalue weighted by atomic mass is 9.61. The summed E-state index contributed by atoms with van der Waals surface area (Å²) in [6.07, 6.45) is 2.97. The molecule has 0 unspecified atom stereocenters. The van der Waals surface area contributed by atoms with Gasteiger partial charge in [0, 0.05) is 21.5 Å². The Labute approximate surface area is 146 Å². The summed E-state index contributed by atoms with van der Waals surface area (Å²) in [5.74, 6) is 0.518. The number of rotatable bonds is 2. The first kappa shape index (κ1) is 16.1. The van der Waals surface area contributed by atoms with E-state index in [1.54, 1.807) is 13.8 Å². The van der Waals surface area contributed by atoms with Crippen LogP contribution in [0.1, 0.15) is 13.8 Å². The first-order valence-electron chi connectivity index (χ1n) is 7.41. The first-order chi connectivity index (χ1) is 10.5. The number of ether oxygens (including phenoxy) is 2. The third-order valence-electron chi connectivity index (χ3n) is 4.48. The van der Waals surface area contributed by atoms with Crippen LogP contribution in [-0.4, -0.2) is 57.2 Å². The molecule has 2 aliphatic carbocycles. The first-order valence-corrected chi connectivity index (χ1v) is 9.24. The topological polar surface area (TPSA) is 59.1 Å². The van der Waals surface area contributed by atoms with Crippen molar-refractivity contribution in [3.8, 4) is 0 Å². The summed E-state index contributed by atoms with van der Waals surface area (Å²) >= 11 is 7.36. The van der Waals surface area contributed by atoms with Gasteiger partial charge in [0.2, 0.25) is 0 Å². The van der Waals surface area contributed by atoms with Crippen molar-refractivity contribution in [1.82, 2.24) is 10.0 Å². The largest absolute Gasteiger partial charge is 0.448 e. The maximum Gasteiger partial charge on any atom is 0.429 e. The van der Waals surface area contributed by atoms with Crippen molar-refractivity contribution in [3.63, 3.8) is 0 Å². The molecule has 1 saturated carbocycles. The SMILES string of the molecule is CCOC(=O)N1[C@H]2C=C[C@@H]([C@H]3[C@H](Br)[C@@H](Br)[C@H]32)N1C(=O)OCC. The van der Waals surface area contributed by atoms with E-state index in [2.05, 4.69) is 31.9 Å². The Balaban J connectivity index is 1.94. The highest BCUT2D eigenvalue weighted by molar-refractivity contribution is 9.12. The standard InChI is InChI=1S/C14H18Br2N2O4/c1-3-21-13(19)17-7-5-6-8(18(17)14(20)22-4-2)10-9(7)11(15)12(10)16/h5-12H,3-4H2,1-2H3/t7-,8-,9-,10+,11-,12-/m0/s1. The highest BCUT2D eigenvalue weighted by Gasteiger charge is 2.64. The Morgan fingerprint density at radius 1 is 0.909 bits per heavy atom. The molecular formula is C14H18Br2N2O4. The third kappa shape index (κ3) is 2.18. The molecule has 2 aliphatic heterocycles. The van der Waals surface area contributed by atoms with E-state index >= 15 is 0 Å². The minimum atomic E-state index is -0.508. The van der Waals surface area contributed by atoms with Crippen molar-refractivity contribution >= 4 is 44.0 Å². The molecule has 0 radical (unpaired) electrons. The number of hydrazine groups is 1. The van der Waals surface area contributed by atoms with Crippen molar-refractivity contribution in [1.29, 1.82) is 0 Å². The van der Waals surface area contributed by atoms with Gasteiger partial charge in [-0.05, 0) is 13.8 Å². The zero-order valence-electron chi connectivity index (χ0n) is 12.3. The van der Waals surface area contributed by atoms with Crippen LogP contribution in [0.5, 0.6) is 0 Å². The van der Waals surface area contributed by atoms with Crippen LogP contribution in [0.15, 0.2) is 12.2 Å². The summed E-state index contributed by atoms with van der Waals surface area (Å²) in [5.41, 5.74) is 0. The van der Waals surface area contributed by atoms with E-state index < -0.39 is 12.2 Å². The zero-order valence-corrected chi connectivity index (χ0v) is 15.5. The molecule has 6 nitrogen and oxygen atoms in total. The molecule has 2 heterocycles. The smallest absolute Gasteiger partial charge is 0.429 e. The quantitative estimate of drug-likeness (QED) is 0.492. The van der Waals surface area contributed by atoms with Gasteiger partial charge in [-0.3, -0.25) is 0 Å². The summed E-state index contributed by atoms with van der Waals surface area (Å²) in [6, 6.07) is -0.395. The van der Waals surface area contributed by atoms with Crippen LogP contribution < -0.4 is 0 Å². The van der Waals surface area contributed by atoms with E-state index in [0.29, 0.717) is 0 Å². The van der Waals surface area contributed by atoms with Crippen LogP contribution in [0.4, 0.5) is 9.59 Å². The fourth-order valence-electron chi connectivity index (χ4n) is 3.60. The molecule has 0 N–H and O–H groups in total. The van der Waals surface area contributed by atoms with Crippen LogP contribution in [-0.2, 0) is 9.47 Å². The number of alkyl halides is 2. The molecule has 2 bridgehead atoms. The van der Waals surface area contributed by atoms with Crippen LogP contribution >= 0.6 is 31.9 Å². The number of nitrogens with zero attached hydrogens (tertiary/aromatic N) is 2. The molecule has 2 amide bonds. The molecule has 1 saturated heterocycles. The lowest BCUT2D eigenvalue weighted by Crippen LogP contribution is -2.76. The maximum absolute atomic E-state index is 12.4. The van der Waals surface area contributed by atoms with Gasteiger partial charge < -0.3 is 9.47 Å². The van der Waals surface area contributed by atoms with Gasteiger partial charge in [0.05, 0.1) is 25.3 Å². The van der Waals surface area contributed by atoms with Crippen LogP contribution in [0.25, 0.3) is 0 Å². The number of carbonyl (C=O) groups excluding carboxylic acids is 2. The van der Waals surface area contributed by atoms with Crippen molar-refractivity contribution in [3.05, 3.63) is 12.2 Å². The molecule has 0 spiro atoms. The Morgan fingerprint density at radius 3 is 1.59 bits per heavy atom. The van der Waals surface area contributed by atoms with Gasteiger partial charge >= 0.3 is 12.2 Å². The molecular weight excluding hydrogens is 420 g/mol. The molecule has 122 valence electrons. The number of amides is 2. The summed E-state index contributed by atoms with van der Waals surface area (Å²) in [5, 5.41) is 2.83. The van der Waals surface area contributed by atoms with Crippen LogP contribution in [0.2, 0.25) is 0 Å². The second kappa shape index (κ2) is 6.03. The summed E-state index contributed by atoms with van der Waals surface area (Å²) in [7, 11) is 0. The molecule has 22 heavy (non-hydrogen) atoms. The van der Waals surface area contributed by atoms with Crippen molar-refractivity contribution in [2.24, 2.45) is 11.8 Å². The highest BCUT2D eigenvalue weighted by Crippen LogP contribution is 2.56. The predicted octanol–water partition coefficient (Wildman–Crippen LogP) is 2.91. The fourth-order valence-corrected chi connectivity index (χ4v) is 5.63.